The van der Waals surface area contributed by atoms with Crippen molar-refractivity contribution in [1.82, 2.24) is 0 Å². The van der Waals surface area contributed by atoms with Gasteiger partial charge in [-0.25, -0.2) is 0 Å². The van der Waals surface area contributed by atoms with Gasteiger partial charge in [-0.05, 0) is 24.0 Å². The van der Waals surface area contributed by atoms with E-state index >= 15 is 0 Å². The number of aryl methyl sites for hydroxylation is 1. The number of aliphatic hydroxyl groups excluding tert-OH is 1. The third-order valence-corrected chi connectivity index (χ3v) is 3.45. The summed E-state index contributed by atoms with van der Waals surface area (Å²) in [6.45, 7) is 0.309. The molecule has 1 aromatic rings. The summed E-state index contributed by atoms with van der Waals surface area (Å²) in [6.07, 6.45) is 1.24. The Kier molecular flexibility index (Phi) is 2.59. The summed E-state index contributed by atoms with van der Waals surface area (Å²) in [5.41, 5.74) is 7.42. The highest BCUT2D eigenvalue weighted by molar-refractivity contribution is 5.62. The van der Waals surface area contributed by atoms with Crippen LogP contribution in [0.25, 0.3) is 0 Å². The van der Waals surface area contributed by atoms with Crippen LogP contribution in [0.4, 0.5) is 0 Å². The second kappa shape index (κ2) is 3.76. The molecule has 0 spiro atoms. The summed E-state index contributed by atoms with van der Waals surface area (Å²) in [7, 11) is 0. The lowest BCUT2D eigenvalue weighted by atomic mass is 9.77. The molecule has 1 aliphatic carbocycles. The zero-order chi connectivity index (χ0) is 10.9. The van der Waals surface area contributed by atoms with Gasteiger partial charge in [-0.1, -0.05) is 24.3 Å². The summed E-state index contributed by atoms with van der Waals surface area (Å²) >= 11 is 0. The molecule has 0 radical (unpaired) electrons. The molecule has 0 saturated carbocycles. The van der Waals surface area contributed by atoms with E-state index in [4.69, 9.17) is 5.73 Å². The van der Waals surface area contributed by atoms with E-state index in [0.29, 0.717) is 12.8 Å². The molecule has 3 N–H and O–H groups in total. The number of hydrogen-bond acceptors (Lipinski definition) is 3. The van der Waals surface area contributed by atoms with Crippen LogP contribution in [0.5, 0.6) is 0 Å². The fraction of sp³-hybridized carbons (Fsp3) is 0.417. The Balaban J connectivity index is 2.50. The number of carbonyl (C=O) groups is 1. The predicted octanol–water partition coefficient (Wildman–Crippen LogP) is 0.389. The Morgan fingerprint density at radius 2 is 2.27 bits per heavy atom. The summed E-state index contributed by atoms with van der Waals surface area (Å²) in [6, 6.07) is 7.89. The van der Waals surface area contributed by atoms with Gasteiger partial charge >= 0.3 is 0 Å². The minimum atomic E-state index is -0.994. The fourth-order valence-electron chi connectivity index (χ4n) is 2.49. The Labute approximate surface area is 88.9 Å². The Bertz CT molecular complexity index is 378. The third-order valence-electron chi connectivity index (χ3n) is 3.45. The van der Waals surface area contributed by atoms with Crippen LogP contribution in [-0.4, -0.2) is 24.0 Å². The van der Waals surface area contributed by atoms with Crippen molar-refractivity contribution in [2.75, 3.05) is 6.54 Å². The molecule has 2 atom stereocenters. The van der Waals surface area contributed by atoms with E-state index in [1.165, 1.54) is 5.56 Å². The molecule has 0 bridgehead atoms. The maximum absolute atomic E-state index is 10.8. The highest BCUT2D eigenvalue weighted by atomic mass is 16.3. The van der Waals surface area contributed by atoms with Crippen molar-refractivity contribution >= 4 is 6.29 Å². The van der Waals surface area contributed by atoms with E-state index in [9.17, 15) is 9.90 Å². The van der Waals surface area contributed by atoms with Crippen LogP contribution in [0.3, 0.4) is 0 Å². The van der Waals surface area contributed by atoms with Crippen LogP contribution in [-0.2, 0) is 16.6 Å². The molecule has 0 saturated heterocycles. The zero-order valence-electron chi connectivity index (χ0n) is 8.52. The van der Waals surface area contributed by atoms with Gasteiger partial charge in [0.05, 0.1) is 0 Å². The van der Waals surface area contributed by atoms with Crippen molar-refractivity contribution in [2.45, 2.75) is 24.4 Å². The summed E-state index contributed by atoms with van der Waals surface area (Å²) in [4.78, 5) is 10.8. The number of aldehydes is 1. The minimum Gasteiger partial charge on any atom is -0.385 e. The number of aliphatic hydroxyl groups is 1. The maximum atomic E-state index is 10.8. The van der Waals surface area contributed by atoms with Crippen molar-refractivity contribution < 1.29 is 9.90 Å². The highest BCUT2D eigenvalue weighted by Crippen LogP contribution is 2.40. The van der Waals surface area contributed by atoms with Gasteiger partial charge in [-0.15, -0.1) is 0 Å². The first-order valence-corrected chi connectivity index (χ1v) is 5.16. The molecule has 0 heterocycles. The lowest BCUT2D eigenvalue weighted by Crippen LogP contribution is -2.45. The van der Waals surface area contributed by atoms with Gasteiger partial charge in [0.25, 0.3) is 0 Å². The first-order valence-electron chi connectivity index (χ1n) is 5.16. The molecule has 3 nitrogen and oxygen atoms in total. The molecule has 15 heavy (non-hydrogen) atoms. The molecule has 0 amide bonds. The molecule has 0 aliphatic heterocycles. The molecule has 0 aromatic heterocycles. The molecule has 1 aromatic carbocycles. The van der Waals surface area contributed by atoms with Gasteiger partial charge in [0.2, 0.25) is 0 Å². The smallest absolute Gasteiger partial charge is 0.149 e. The van der Waals surface area contributed by atoms with Gasteiger partial charge in [0.15, 0.2) is 0 Å². The molecule has 3 heteroatoms. The van der Waals surface area contributed by atoms with Crippen LogP contribution in [0.1, 0.15) is 17.5 Å². The van der Waals surface area contributed by atoms with Crippen LogP contribution in [0.15, 0.2) is 24.3 Å². The third kappa shape index (κ3) is 1.39. The number of carbonyl (C=O) groups excluding carboxylic acids is 1. The van der Waals surface area contributed by atoms with Crippen molar-refractivity contribution in [3.63, 3.8) is 0 Å². The molecule has 2 rings (SSSR count). The topological polar surface area (TPSA) is 63.3 Å². The number of fused-ring (bicyclic) bond motifs is 1. The second-order valence-corrected chi connectivity index (χ2v) is 4.10. The molecule has 80 valence electrons. The average molecular weight is 205 g/mol. The maximum Gasteiger partial charge on any atom is 0.149 e. The van der Waals surface area contributed by atoms with Gasteiger partial charge in [-0.3, -0.25) is 0 Å². The lowest BCUT2D eigenvalue weighted by Gasteiger charge is -2.31. The molecular weight excluding hydrogens is 190 g/mol. The second-order valence-electron chi connectivity index (χ2n) is 4.10. The quantitative estimate of drug-likeness (QED) is 0.702. The van der Waals surface area contributed by atoms with E-state index in [1.807, 2.05) is 24.3 Å². The normalized spacial score (nSPS) is 26.0. The Morgan fingerprint density at radius 3 is 2.93 bits per heavy atom. The van der Waals surface area contributed by atoms with Crippen LogP contribution in [0, 0.1) is 0 Å². The van der Waals surface area contributed by atoms with E-state index in [2.05, 4.69) is 0 Å². The lowest BCUT2D eigenvalue weighted by molar-refractivity contribution is -0.118. The van der Waals surface area contributed by atoms with Crippen LogP contribution >= 0.6 is 0 Å². The van der Waals surface area contributed by atoms with Gasteiger partial charge in [0, 0.05) is 12.0 Å². The molecule has 2 unspecified atom stereocenters. The Hall–Kier alpha value is -1.19. The van der Waals surface area contributed by atoms with Gasteiger partial charge in [0.1, 0.15) is 12.4 Å². The first kappa shape index (κ1) is 10.3. The number of nitrogens with two attached hydrogens (primary N) is 1. The van der Waals surface area contributed by atoms with Crippen molar-refractivity contribution in [2.24, 2.45) is 5.73 Å². The van der Waals surface area contributed by atoms with E-state index < -0.39 is 11.5 Å². The summed E-state index contributed by atoms with van der Waals surface area (Å²) in [5, 5.41) is 9.81. The number of benzene rings is 1. The molecule has 1 aliphatic rings. The zero-order valence-corrected chi connectivity index (χ0v) is 8.52. The minimum absolute atomic E-state index is 0.309. The largest absolute Gasteiger partial charge is 0.385 e. The predicted molar refractivity (Wildman–Crippen MR) is 57.6 cm³/mol. The first-order chi connectivity index (χ1) is 7.24. The van der Waals surface area contributed by atoms with Gasteiger partial charge < -0.3 is 15.6 Å². The van der Waals surface area contributed by atoms with E-state index in [-0.39, 0.29) is 0 Å². The van der Waals surface area contributed by atoms with E-state index in [1.54, 1.807) is 0 Å². The van der Waals surface area contributed by atoms with Crippen molar-refractivity contribution in [3.05, 3.63) is 35.4 Å². The molecule has 0 fully saturated rings. The Morgan fingerprint density at radius 1 is 1.53 bits per heavy atom. The SMILES string of the molecule is NCC1(C(O)C=O)CCc2ccccc21. The average Bonchev–Trinajstić information content (AvgIpc) is 2.68. The fourth-order valence-corrected chi connectivity index (χ4v) is 2.49. The van der Waals surface area contributed by atoms with Gasteiger partial charge in [-0.2, -0.15) is 0 Å². The van der Waals surface area contributed by atoms with Crippen molar-refractivity contribution in [1.29, 1.82) is 0 Å². The standard InChI is InChI=1S/C12H15NO2/c13-8-12(11(15)7-14)6-5-9-3-1-2-4-10(9)12/h1-4,7,11,15H,5-6,8,13H2. The highest BCUT2D eigenvalue weighted by Gasteiger charge is 2.43. The summed E-state index contributed by atoms with van der Waals surface area (Å²) < 4.78 is 0. The monoisotopic (exact) mass is 205 g/mol. The summed E-state index contributed by atoms with van der Waals surface area (Å²) in [5.74, 6) is 0. The van der Waals surface area contributed by atoms with Crippen molar-refractivity contribution in [3.8, 4) is 0 Å². The molecular formula is C12H15NO2. The van der Waals surface area contributed by atoms with Crippen LogP contribution < -0.4 is 5.73 Å². The van der Waals surface area contributed by atoms with Crippen LogP contribution in [0.2, 0.25) is 0 Å². The van der Waals surface area contributed by atoms with E-state index in [0.717, 1.165) is 18.4 Å². The number of rotatable bonds is 3. The number of hydrogen-bond donors (Lipinski definition) is 2.